The smallest absolute Gasteiger partial charge is 0.243 e. The molecule has 0 spiro atoms. The summed E-state index contributed by atoms with van der Waals surface area (Å²) in [5.74, 6) is 0. The van der Waals surface area contributed by atoms with E-state index in [1.165, 1.54) is 4.31 Å². The standard InChI is InChI=1S/C18H23N5O2S/c1-13-7-8-16(23-10-6-9-19-23)11-18(13)26(24,25)21(4)12-17-14(2)20-22(5)15(17)3/h6-11H,12H2,1-5H3. The fourth-order valence-corrected chi connectivity index (χ4v) is 4.33. The van der Waals surface area contributed by atoms with Gasteiger partial charge in [0.15, 0.2) is 0 Å². The first-order chi connectivity index (χ1) is 12.2. The quantitative estimate of drug-likeness (QED) is 0.688. The van der Waals surface area contributed by atoms with E-state index in [2.05, 4.69) is 10.2 Å². The van der Waals surface area contributed by atoms with Crippen LogP contribution in [-0.4, -0.2) is 39.3 Å². The molecule has 0 bridgehead atoms. The molecule has 0 saturated heterocycles. The molecule has 0 atom stereocenters. The second-order valence-electron chi connectivity index (χ2n) is 6.43. The van der Waals surface area contributed by atoms with Gasteiger partial charge in [-0.05, 0) is 44.5 Å². The maximum absolute atomic E-state index is 13.2. The Kier molecular flexibility index (Phi) is 4.72. The Morgan fingerprint density at radius 1 is 1.19 bits per heavy atom. The summed E-state index contributed by atoms with van der Waals surface area (Å²) in [5, 5.41) is 8.54. The summed E-state index contributed by atoms with van der Waals surface area (Å²) in [6.45, 7) is 5.92. The number of sulfonamides is 1. The molecule has 0 aliphatic heterocycles. The highest BCUT2D eigenvalue weighted by molar-refractivity contribution is 7.89. The molecule has 0 saturated carbocycles. The van der Waals surface area contributed by atoms with E-state index < -0.39 is 10.0 Å². The molecular weight excluding hydrogens is 350 g/mol. The maximum Gasteiger partial charge on any atom is 0.243 e. The molecule has 0 radical (unpaired) electrons. The van der Waals surface area contributed by atoms with Crippen molar-refractivity contribution < 1.29 is 8.42 Å². The third-order valence-corrected chi connectivity index (χ3v) is 6.61. The minimum absolute atomic E-state index is 0.277. The highest BCUT2D eigenvalue weighted by Crippen LogP contribution is 2.24. The number of nitrogens with zero attached hydrogens (tertiary/aromatic N) is 5. The highest BCUT2D eigenvalue weighted by Gasteiger charge is 2.25. The van der Waals surface area contributed by atoms with Gasteiger partial charge in [0.2, 0.25) is 10.0 Å². The van der Waals surface area contributed by atoms with Gasteiger partial charge < -0.3 is 0 Å². The van der Waals surface area contributed by atoms with Crippen LogP contribution in [0, 0.1) is 20.8 Å². The van der Waals surface area contributed by atoms with Crippen LogP contribution in [0.25, 0.3) is 5.69 Å². The molecule has 3 aromatic rings. The van der Waals surface area contributed by atoms with Gasteiger partial charge in [0.05, 0.1) is 16.3 Å². The van der Waals surface area contributed by atoms with Gasteiger partial charge in [-0.2, -0.15) is 14.5 Å². The number of hydrogen-bond acceptors (Lipinski definition) is 4. The molecule has 2 aromatic heterocycles. The maximum atomic E-state index is 13.2. The first-order valence-corrected chi connectivity index (χ1v) is 9.72. The van der Waals surface area contributed by atoms with Crippen LogP contribution < -0.4 is 0 Å². The minimum Gasteiger partial charge on any atom is -0.272 e. The molecule has 2 heterocycles. The molecule has 0 N–H and O–H groups in total. The van der Waals surface area contributed by atoms with Gasteiger partial charge in [-0.15, -0.1) is 0 Å². The Morgan fingerprint density at radius 2 is 1.92 bits per heavy atom. The first kappa shape index (κ1) is 18.3. The molecule has 0 fully saturated rings. The lowest BCUT2D eigenvalue weighted by Gasteiger charge is -2.19. The van der Waals surface area contributed by atoms with Gasteiger partial charge in [-0.25, -0.2) is 13.1 Å². The average Bonchev–Trinajstić information content (AvgIpc) is 3.20. The molecule has 8 heteroatoms. The lowest BCUT2D eigenvalue weighted by molar-refractivity contribution is 0.464. The van der Waals surface area contributed by atoms with E-state index in [9.17, 15) is 8.42 Å². The molecule has 7 nitrogen and oxygen atoms in total. The summed E-state index contributed by atoms with van der Waals surface area (Å²) >= 11 is 0. The number of aromatic nitrogens is 4. The van der Waals surface area contributed by atoms with E-state index in [-0.39, 0.29) is 11.4 Å². The van der Waals surface area contributed by atoms with Crippen LogP contribution in [0.1, 0.15) is 22.5 Å². The van der Waals surface area contributed by atoms with Gasteiger partial charge in [0, 0.05) is 44.3 Å². The van der Waals surface area contributed by atoms with Crippen LogP contribution in [0.5, 0.6) is 0 Å². The van der Waals surface area contributed by atoms with Crippen molar-refractivity contribution in [2.24, 2.45) is 7.05 Å². The Bertz CT molecular complexity index is 1040. The van der Waals surface area contributed by atoms with Crippen molar-refractivity contribution >= 4 is 10.0 Å². The number of rotatable bonds is 5. The Morgan fingerprint density at radius 3 is 2.50 bits per heavy atom. The van der Waals surface area contributed by atoms with Crippen molar-refractivity contribution in [1.82, 2.24) is 23.9 Å². The minimum atomic E-state index is -3.65. The molecule has 0 aliphatic carbocycles. The van der Waals surface area contributed by atoms with Crippen LogP contribution in [0.2, 0.25) is 0 Å². The van der Waals surface area contributed by atoms with Crippen LogP contribution >= 0.6 is 0 Å². The van der Waals surface area contributed by atoms with Crippen molar-refractivity contribution in [2.45, 2.75) is 32.2 Å². The Labute approximate surface area is 153 Å². The van der Waals surface area contributed by atoms with Crippen LogP contribution in [0.15, 0.2) is 41.6 Å². The second kappa shape index (κ2) is 6.69. The van der Waals surface area contributed by atoms with Crippen LogP contribution in [-0.2, 0) is 23.6 Å². The molecule has 0 amide bonds. The predicted octanol–water partition coefficient (Wildman–Crippen LogP) is 2.35. The summed E-state index contributed by atoms with van der Waals surface area (Å²) in [6.07, 6.45) is 3.45. The molecule has 3 rings (SSSR count). The molecule has 138 valence electrons. The van der Waals surface area contributed by atoms with E-state index in [4.69, 9.17) is 0 Å². The zero-order valence-corrected chi connectivity index (χ0v) is 16.4. The Hall–Kier alpha value is -2.45. The van der Waals surface area contributed by atoms with E-state index in [0.717, 1.165) is 17.0 Å². The zero-order valence-electron chi connectivity index (χ0n) is 15.6. The van der Waals surface area contributed by atoms with Gasteiger partial charge in [-0.1, -0.05) is 6.07 Å². The first-order valence-electron chi connectivity index (χ1n) is 8.28. The summed E-state index contributed by atoms with van der Waals surface area (Å²) in [7, 11) is -0.193. The van der Waals surface area contributed by atoms with E-state index in [0.29, 0.717) is 11.3 Å². The number of aryl methyl sites for hydroxylation is 3. The van der Waals surface area contributed by atoms with Crippen molar-refractivity contribution in [3.63, 3.8) is 0 Å². The van der Waals surface area contributed by atoms with Gasteiger partial charge in [0.1, 0.15) is 0 Å². The third kappa shape index (κ3) is 3.17. The second-order valence-corrected chi connectivity index (χ2v) is 8.45. The summed E-state index contributed by atoms with van der Waals surface area (Å²) in [6, 6.07) is 7.13. The summed E-state index contributed by atoms with van der Waals surface area (Å²) < 4.78 is 31.1. The van der Waals surface area contributed by atoms with Gasteiger partial charge >= 0.3 is 0 Å². The van der Waals surface area contributed by atoms with E-state index >= 15 is 0 Å². The van der Waals surface area contributed by atoms with E-state index in [1.54, 1.807) is 53.9 Å². The van der Waals surface area contributed by atoms with Crippen molar-refractivity contribution in [1.29, 1.82) is 0 Å². The normalized spacial score (nSPS) is 12.1. The van der Waals surface area contributed by atoms with E-state index in [1.807, 2.05) is 27.0 Å². The average molecular weight is 373 g/mol. The lowest BCUT2D eigenvalue weighted by Crippen LogP contribution is -2.27. The third-order valence-electron chi connectivity index (χ3n) is 4.67. The Balaban J connectivity index is 1.98. The topological polar surface area (TPSA) is 73.0 Å². The monoisotopic (exact) mass is 373 g/mol. The van der Waals surface area contributed by atoms with Crippen molar-refractivity contribution in [3.8, 4) is 5.69 Å². The zero-order chi connectivity index (χ0) is 19.1. The molecule has 26 heavy (non-hydrogen) atoms. The van der Waals surface area contributed by atoms with Crippen molar-refractivity contribution in [2.75, 3.05) is 7.05 Å². The molecule has 0 unspecified atom stereocenters. The fourth-order valence-electron chi connectivity index (χ4n) is 2.95. The van der Waals surface area contributed by atoms with Crippen LogP contribution in [0.3, 0.4) is 0 Å². The SMILES string of the molecule is Cc1ccc(-n2cccn2)cc1S(=O)(=O)N(C)Cc1c(C)nn(C)c1C. The molecule has 1 aromatic carbocycles. The number of hydrogen-bond donors (Lipinski definition) is 0. The van der Waals surface area contributed by atoms with Gasteiger partial charge in [0.25, 0.3) is 0 Å². The fraction of sp³-hybridized carbons (Fsp3) is 0.333. The summed E-state index contributed by atoms with van der Waals surface area (Å²) in [5.41, 5.74) is 4.15. The summed E-state index contributed by atoms with van der Waals surface area (Å²) in [4.78, 5) is 0.284. The number of benzene rings is 1. The van der Waals surface area contributed by atoms with Crippen LogP contribution in [0.4, 0.5) is 0 Å². The lowest BCUT2D eigenvalue weighted by atomic mass is 10.2. The van der Waals surface area contributed by atoms with Gasteiger partial charge in [-0.3, -0.25) is 4.68 Å². The predicted molar refractivity (Wildman–Crippen MR) is 99.6 cm³/mol. The molecule has 0 aliphatic rings. The largest absolute Gasteiger partial charge is 0.272 e. The highest BCUT2D eigenvalue weighted by atomic mass is 32.2. The van der Waals surface area contributed by atoms with Crippen molar-refractivity contribution in [3.05, 3.63) is 59.2 Å². The molecular formula is C18H23N5O2S.